The van der Waals surface area contributed by atoms with E-state index in [2.05, 4.69) is 6.92 Å². The van der Waals surface area contributed by atoms with Gasteiger partial charge in [-0.1, -0.05) is 51.3 Å². The van der Waals surface area contributed by atoms with Crippen molar-refractivity contribution in [2.24, 2.45) is 0 Å². The van der Waals surface area contributed by atoms with Gasteiger partial charge in [0.2, 0.25) is 0 Å². The average Bonchev–Trinajstić information content (AvgIpc) is 3.13. The molecule has 0 nitrogen and oxygen atoms in total. The number of unbranched alkanes of at least 4 members (excludes halogenated alkanes) is 2. The van der Waals surface area contributed by atoms with Crippen molar-refractivity contribution in [2.45, 2.75) is 58.8 Å². The molecule has 0 aromatic heterocycles. The minimum atomic E-state index is -1.27. The van der Waals surface area contributed by atoms with Crippen LogP contribution in [0.4, 0.5) is 22.0 Å². The van der Waals surface area contributed by atoms with Crippen LogP contribution in [-0.4, -0.2) is 0 Å². The first kappa shape index (κ1) is 22.5. The molecule has 1 aliphatic rings. The second-order valence-corrected chi connectivity index (χ2v) is 8.48. The van der Waals surface area contributed by atoms with E-state index in [0.717, 1.165) is 24.8 Å². The van der Waals surface area contributed by atoms with Crippen molar-refractivity contribution in [2.75, 3.05) is 0 Å². The molecule has 0 atom stereocenters. The van der Waals surface area contributed by atoms with E-state index in [4.69, 9.17) is 0 Å². The predicted octanol–water partition coefficient (Wildman–Crippen LogP) is 8.31. The fraction of sp³-hybridized carbons (Fsp3) is 0.333. The van der Waals surface area contributed by atoms with Gasteiger partial charge in [0.05, 0.1) is 0 Å². The largest absolute Gasteiger partial charge is 0.206 e. The highest BCUT2D eigenvalue weighted by Gasteiger charge is 2.32. The zero-order chi connectivity index (χ0) is 23.0. The number of hydrogen-bond donors (Lipinski definition) is 0. The molecule has 0 N–H and O–H groups in total. The number of rotatable bonds is 7. The zero-order valence-corrected chi connectivity index (χ0v) is 18.2. The Morgan fingerprint density at radius 1 is 0.656 bits per heavy atom. The maximum absolute atomic E-state index is 15.1. The van der Waals surface area contributed by atoms with Crippen LogP contribution in [0.3, 0.4) is 0 Å². The first-order chi connectivity index (χ1) is 15.4. The van der Waals surface area contributed by atoms with Gasteiger partial charge in [0.1, 0.15) is 5.82 Å². The Morgan fingerprint density at radius 2 is 1.34 bits per heavy atom. The number of halogens is 5. The number of fused-ring (bicyclic) bond motifs is 3. The molecule has 32 heavy (non-hydrogen) atoms. The quantitative estimate of drug-likeness (QED) is 0.199. The molecule has 168 valence electrons. The van der Waals surface area contributed by atoms with Crippen molar-refractivity contribution in [3.05, 3.63) is 81.7 Å². The summed E-state index contributed by atoms with van der Waals surface area (Å²) in [5, 5.41) is 0. The van der Waals surface area contributed by atoms with E-state index in [0.29, 0.717) is 30.4 Å². The summed E-state index contributed by atoms with van der Waals surface area (Å²) in [4.78, 5) is 0. The normalized spacial score (nSPS) is 12.2. The summed E-state index contributed by atoms with van der Waals surface area (Å²) in [6, 6.07) is 7.43. The first-order valence-corrected chi connectivity index (χ1v) is 11.2. The third-order valence-electron chi connectivity index (χ3n) is 6.19. The van der Waals surface area contributed by atoms with E-state index in [1.807, 2.05) is 6.92 Å². The van der Waals surface area contributed by atoms with Gasteiger partial charge >= 0.3 is 0 Å². The van der Waals surface area contributed by atoms with Gasteiger partial charge in [0.25, 0.3) is 0 Å². The van der Waals surface area contributed by atoms with E-state index in [1.54, 1.807) is 6.07 Å². The lowest BCUT2D eigenvalue weighted by molar-refractivity contribution is 0.495. The number of benzene rings is 3. The maximum Gasteiger partial charge on any atom is 0.167 e. The molecule has 0 aliphatic heterocycles. The van der Waals surface area contributed by atoms with Gasteiger partial charge in [0.15, 0.2) is 23.3 Å². The SMILES string of the molecule is CCCCCc1ccc(-c2cc3c(c(F)c2F)-c2c(cc(CCC)c(F)c2F)C3)c(F)c1. The molecular weight excluding hydrogens is 419 g/mol. The van der Waals surface area contributed by atoms with E-state index in [1.165, 1.54) is 24.3 Å². The molecule has 0 amide bonds. The fourth-order valence-electron chi connectivity index (χ4n) is 4.60. The van der Waals surface area contributed by atoms with Crippen molar-refractivity contribution < 1.29 is 22.0 Å². The van der Waals surface area contributed by atoms with Crippen molar-refractivity contribution in [1.29, 1.82) is 0 Å². The second-order valence-electron chi connectivity index (χ2n) is 8.48. The molecule has 0 fully saturated rings. The molecule has 0 unspecified atom stereocenters. The van der Waals surface area contributed by atoms with Gasteiger partial charge in [0, 0.05) is 22.3 Å². The summed E-state index contributed by atoms with van der Waals surface area (Å²) in [5.41, 5.74) is 1.03. The molecule has 4 rings (SSSR count). The van der Waals surface area contributed by atoms with Crippen molar-refractivity contribution in [1.82, 2.24) is 0 Å². The smallest absolute Gasteiger partial charge is 0.167 e. The fourth-order valence-corrected chi connectivity index (χ4v) is 4.60. The van der Waals surface area contributed by atoms with Gasteiger partial charge in [-0.05, 0) is 60.1 Å². The summed E-state index contributed by atoms with van der Waals surface area (Å²) in [7, 11) is 0. The van der Waals surface area contributed by atoms with Crippen LogP contribution < -0.4 is 0 Å². The van der Waals surface area contributed by atoms with Crippen molar-refractivity contribution >= 4 is 0 Å². The molecule has 0 radical (unpaired) electrons. The second kappa shape index (κ2) is 9.05. The van der Waals surface area contributed by atoms with Crippen LogP contribution in [-0.2, 0) is 19.3 Å². The molecule has 3 aromatic rings. The molecule has 5 heteroatoms. The van der Waals surface area contributed by atoms with Crippen LogP contribution in [0, 0.1) is 29.1 Å². The first-order valence-electron chi connectivity index (χ1n) is 11.2. The lowest BCUT2D eigenvalue weighted by Gasteiger charge is -2.12. The maximum atomic E-state index is 15.1. The van der Waals surface area contributed by atoms with Crippen LogP contribution in [0.5, 0.6) is 0 Å². The van der Waals surface area contributed by atoms with Crippen LogP contribution in [0.15, 0.2) is 30.3 Å². The summed E-state index contributed by atoms with van der Waals surface area (Å²) >= 11 is 0. The van der Waals surface area contributed by atoms with E-state index in [-0.39, 0.29) is 34.2 Å². The van der Waals surface area contributed by atoms with Crippen LogP contribution in [0.2, 0.25) is 0 Å². The molecular formula is C27H25F5. The van der Waals surface area contributed by atoms with Gasteiger partial charge in [-0.3, -0.25) is 0 Å². The third-order valence-corrected chi connectivity index (χ3v) is 6.19. The molecule has 0 spiro atoms. The molecule has 1 aliphatic carbocycles. The number of hydrogen-bond acceptors (Lipinski definition) is 0. The predicted molar refractivity (Wildman–Crippen MR) is 117 cm³/mol. The third kappa shape index (κ3) is 3.82. The Kier molecular flexibility index (Phi) is 6.36. The highest BCUT2D eigenvalue weighted by atomic mass is 19.2. The lowest BCUT2D eigenvalue weighted by Crippen LogP contribution is -2.01. The topological polar surface area (TPSA) is 0 Å². The average molecular weight is 444 g/mol. The Morgan fingerprint density at radius 3 is 2.00 bits per heavy atom. The summed E-state index contributed by atoms with van der Waals surface area (Å²) in [6.45, 7) is 3.93. The Balaban J connectivity index is 1.77. The Bertz CT molecular complexity index is 1180. The van der Waals surface area contributed by atoms with E-state index < -0.39 is 29.1 Å². The van der Waals surface area contributed by atoms with Crippen LogP contribution in [0.1, 0.15) is 61.8 Å². The molecule has 0 saturated heterocycles. The molecule has 0 saturated carbocycles. The van der Waals surface area contributed by atoms with Gasteiger partial charge < -0.3 is 0 Å². The van der Waals surface area contributed by atoms with Crippen molar-refractivity contribution in [3.63, 3.8) is 0 Å². The van der Waals surface area contributed by atoms with Gasteiger partial charge in [-0.15, -0.1) is 0 Å². The summed E-state index contributed by atoms with van der Waals surface area (Å²) in [5.74, 6) is -5.34. The number of aryl methyl sites for hydroxylation is 2. The molecule has 3 aromatic carbocycles. The minimum absolute atomic E-state index is 0.0438. The minimum Gasteiger partial charge on any atom is -0.206 e. The van der Waals surface area contributed by atoms with Gasteiger partial charge in [-0.2, -0.15) is 0 Å². The summed E-state index contributed by atoms with van der Waals surface area (Å²) < 4.78 is 74.3. The summed E-state index contributed by atoms with van der Waals surface area (Å²) in [6.07, 6.45) is 4.84. The van der Waals surface area contributed by atoms with E-state index >= 15 is 8.78 Å². The zero-order valence-electron chi connectivity index (χ0n) is 18.2. The Labute approximate surface area is 185 Å². The lowest BCUT2D eigenvalue weighted by atomic mass is 9.95. The molecule has 0 heterocycles. The highest BCUT2D eigenvalue weighted by Crippen LogP contribution is 2.45. The van der Waals surface area contributed by atoms with Crippen molar-refractivity contribution in [3.8, 4) is 22.3 Å². The Hall–Kier alpha value is -2.69. The highest BCUT2D eigenvalue weighted by molar-refractivity contribution is 5.82. The van der Waals surface area contributed by atoms with Gasteiger partial charge in [-0.25, -0.2) is 22.0 Å². The van der Waals surface area contributed by atoms with Crippen LogP contribution >= 0.6 is 0 Å². The monoisotopic (exact) mass is 444 g/mol. The van der Waals surface area contributed by atoms with Crippen LogP contribution in [0.25, 0.3) is 22.3 Å². The van der Waals surface area contributed by atoms with E-state index in [9.17, 15) is 13.2 Å². The standard InChI is InChI=1S/C27H25F5/c1-3-5-6-8-15-9-10-19(21(28)11-15)20-14-18-13-17-12-16(7-4-2)24(29)26(31)22(17)23(18)27(32)25(20)30/h9-12,14H,3-8,13H2,1-2H3. The molecule has 0 bridgehead atoms.